The molecule has 1 fully saturated rings. The summed E-state index contributed by atoms with van der Waals surface area (Å²) in [6, 6.07) is 9.79. The SMILES string of the molecule is COC(=O)CCCCCC[C@H]1C(=O)CCC1COc1ccccc1. The molecule has 2 rings (SSSR count). The first kappa shape index (κ1) is 18.5. The van der Waals surface area contributed by atoms with Crippen LogP contribution in [-0.2, 0) is 14.3 Å². The van der Waals surface area contributed by atoms with E-state index in [2.05, 4.69) is 4.74 Å². The molecule has 0 aromatic heterocycles. The maximum Gasteiger partial charge on any atom is 0.305 e. The van der Waals surface area contributed by atoms with Gasteiger partial charge in [0.25, 0.3) is 0 Å². The van der Waals surface area contributed by atoms with Crippen LogP contribution in [0.4, 0.5) is 0 Å². The number of carbonyl (C=O) groups excluding carboxylic acids is 2. The fourth-order valence-corrected chi connectivity index (χ4v) is 3.38. The number of rotatable bonds is 10. The number of hydrogen-bond acceptors (Lipinski definition) is 4. The van der Waals surface area contributed by atoms with Gasteiger partial charge in [-0.15, -0.1) is 0 Å². The van der Waals surface area contributed by atoms with E-state index in [-0.39, 0.29) is 11.9 Å². The Morgan fingerprint density at radius 2 is 1.88 bits per heavy atom. The highest BCUT2D eigenvalue weighted by atomic mass is 16.5. The summed E-state index contributed by atoms with van der Waals surface area (Å²) in [5.74, 6) is 1.62. The van der Waals surface area contributed by atoms with E-state index in [9.17, 15) is 9.59 Å². The summed E-state index contributed by atoms with van der Waals surface area (Å²) in [6.07, 6.45) is 7.06. The van der Waals surface area contributed by atoms with Crippen LogP contribution in [0.15, 0.2) is 30.3 Å². The predicted molar refractivity (Wildman–Crippen MR) is 92.9 cm³/mol. The van der Waals surface area contributed by atoms with Crippen LogP contribution in [0.5, 0.6) is 5.75 Å². The van der Waals surface area contributed by atoms with Crippen molar-refractivity contribution in [1.82, 2.24) is 0 Å². The van der Waals surface area contributed by atoms with Crippen molar-refractivity contribution in [1.29, 1.82) is 0 Å². The molecule has 0 radical (unpaired) electrons. The molecular weight excluding hydrogens is 304 g/mol. The van der Waals surface area contributed by atoms with Crippen LogP contribution in [0, 0.1) is 11.8 Å². The quantitative estimate of drug-likeness (QED) is 0.476. The molecule has 2 atom stereocenters. The number of carbonyl (C=O) groups is 2. The number of Topliss-reactive ketones (excluding diaryl/α,β-unsaturated/α-hetero) is 1. The van der Waals surface area contributed by atoms with Crippen molar-refractivity contribution in [2.45, 2.75) is 51.4 Å². The summed E-state index contributed by atoms with van der Waals surface area (Å²) in [7, 11) is 1.42. The summed E-state index contributed by atoms with van der Waals surface area (Å²) >= 11 is 0. The Morgan fingerprint density at radius 1 is 1.12 bits per heavy atom. The molecule has 0 aliphatic heterocycles. The molecular formula is C20H28O4. The fourth-order valence-electron chi connectivity index (χ4n) is 3.38. The normalized spacial score (nSPS) is 20.1. The number of esters is 1. The minimum absolute atomic E-state index is 0.140. The highest BCUT2D eigenvalue weighted by Crippen LogP contribution is 2.33. The molecule has 132 valence electrons. The van der Waals surface area contributed by atoms with Crippen molar-refractivity contribution in [2.75, 3.05) is 13.7 Å². The second kappa shape index (κ2) is 10.1. The zero-order chi connectivity index (χ0) is 17.2. The fraction of sp³-hybridized carbons (Fsp3) is 0.600. The van der Waals surface area contributed by atoms with Gasteiger partial charge in [0.1, 0.15) is 11.5 Å². The van der Waals surface area contributed by atoms with Gasteiger partial charge in [-0.2, -0.15) is 0 Å². The average Bonchev–Trinajstić information content (AvgIpc) is 2.96. The average molecular weight is 332 g/mol. The zero-order valence-corrected chi connectivity index (χ0v) is 14.5. The first-order valence-corrected chi connectivity index (χ1v) is 8.98. The van der Waals surface area contributed by atoms with Gasteiger partial charge in [0, 0.05) is 24.7 Å². The molecule has 4 nitrogen and oxygen atoms in total. The monoisotopic (exact) mass is 332 g/mol. The largest absolute Gasteiger partial charge is 0.493 e. The van der Waals surface area contributed by atoms with E-state index < -0.39 is 0 Å². The molecule has 1 unspecified atom stereocenters. The number of benzene rings is 1. The zero-order valence-electron chi connectivity index (χ0n) is 14.5. The number of ketones is 1. The van der Waals surface area contributed by atoms with Crippen molar-refractivity contribution >= 4 is 11.8 Å². The van der Waals surface area contributed by atoms with Gasteiger partial charge in [-0.1, -0.05) is 37.5 Å². The van der Waals surface area contributed by atoms with Crippen LogP contribution in [-0.4, -0.2) is 25.5 Å². The molecule has 1 saturated carbocycles. The van der Waals surface area contributed by atoms with Gasteiger partial charge >= 0.3 is 5.97 Å². The van der Waals surface area contributed by atoms with Crippen LogP contribution in [0.2, 0.25) is 0 Å². The highest BCUT2D eigenvalue weighted by Gasteiger charge is 2.34. The van der Waals surface area contributed by atoms with Crippen molar-refractivity contribution < 1.29 is 19.1 Å². The molecule has 0 bridgehead atoms. The van der Waals surface area contributed by atoms with Gasteiger partial charge < -0.3 is 9.47 Å². The number of unbranched alkanes of at least 4 members (excludes halogenated alkanes) is 3. The lowest BCUT2D eigenvalue weighted by Crippen LogP contribution is -2.20. The third-order valence-corrected chi connectivity index (χ3v) is 4.83. The number of para-hydroxylation sites is 1. The molecule has 1 aliphatic carbocycles. The number of ether oxygens (including phenoxy) is 2. The lowest BCUT2D eigenvalue weighted by atomic mass is 9.90. The number of methoxy groups -OCH3 is 1. The van der Waals surface area contributed by atoms with Crippen LogP contribution in [0.3, 0.4) is 0 Å². The first-order valence-electron chi connectivity index (χ1n) is 8.98. The smallest absolute Gasteiger partial charge is 0.305 e. The van der Waals surface area contributed by atoms with Gasteiger partial charge in [0.2, 0.25) is 0 Å². The minimum Gasteiger partial charge on any atom is -0.493 e. The lowest BCUT2D eigenvalue weighted by Gasteiger charge is -2.19. The van der Waals surface area contributed by atoms with Crippen molar-refractivity contribution in [3.8, 4) is 5.75 Å². The Bertz CT molecular complexity index is 512. The molecule has 0 saturated heterocycles. The van der Waals surface area contributed by atoms with Gasteiger partial charge in [0.15, 0.2) is 0 Å². The van der Waals surface area contributed by atoms with Crippen molar-refractivity contribution in [3.05, 3.63) is 30.3 Å². The predicted octanol–water partition coefficient (Wildman–Crippen LogP) is 4.17. The molecule has 1 aromatic rings. The van der Waals surface area contributed by atoms with E-state index in [0.717, 1.165) is 44.3 Å². The van der Waals surface area contributed by atoms with E-state index >= 15 is 0 Å². The third kappa shape index (κ3) is 5.99. The topological polar surface area (TPSA) is 52.6 Å². The van der Waals surface area contributed by atoms with Crippen LogP contribution in [0.1, 0.15) is 51.4 Å². The van der Waals surface area contributed by atoms with Crippen molar-refractivity contribution in [2.24, 2.45) is 11.8 Å². The van der Waals surface area contributed by atoms with Crippen LogP contribution >= 0.6 is 0 Å². The van der Waals surface area contributed by atoms with Crippen molar-refractivity contribution in [3.63, 3.8) is 0 Å². The standard InChI is InChI=1S/C20H28O4/c1-23-20(22)12-8-3-2-7-11-18-16(13-14-19(18)21)15-24-17-9-5-4-6-10-17/h4-6,9-10,16,18H,2-3,7-8,11-15H2,1H3/t16?,18-/m1/s1. The molecule has 0 N–H and O–H groups in total. The number of hydrogen-bond donors (Lipinski definition) is 0. The summed E-state index contributed by atoms with van der Waals surface area (Å²) in [4.78, 5) is 23.2. The Balaban J connectivity index is 1.66. The minimum atomic E-state index is -0.140. The third-order valence-electron chi connectivity index (χ3n) is 4.83. The molecule has 1 aliphatic rings. The van der Waals surface area contributed by atoms with Gasteiger partial charge in [-0.25, -0.2) is 0 Å². The molecule has 24 heavy (non-hydrogen) atoms. The molecule has 4 heteroatoms. The first-order chi connectivity index (χ1) is 11.7. The van der Waals surface area contributed by atoms with E-state index in [1.807, 2.05) is 30.3 Å². The lowest BCUT2D eigenvalue weighted by molar-refractivity contribution is -0.140. The Labute approximate surface area is 144 Å². The van der Waals surface area contributed by atoms with E-state index in [1.54, 1.807) is 0 Å². The molecule has 1 aromatic carbocycles. The Hall–Kier alpha value is -1.84. The molecule has 0 spiro atoms. The Kier molecular flexibility index (Phi) is 7.80. The molecule has 0 amide bonds. The second-order valence-corrected chi connectivity index (χ2v) is 6.52. The van der Waals surface area contributed by atoms with E-state index in [1.165, 1.54) is 7.11 Å². The Morgan fingerprint density at radius 3 is 2.62 bits per heavy atom. The van der Waals surface area contributed by atoms with Gasteiger partial charge in [-0.05, 0) is 31.4 Å². The summed E-state index contributed by atoms with van der Waals surface area (Å²) in [6.45, 7) is 0.628. The highest BCUT2D eigenvalue weighted by molar-refractivity contribution is 5.83. The second-order valence-electron chi connectivity index (χ2n) is 6.52. The van der Waals surface area contributed by atoms with E-state index in [0.29, 0.717) is 31.1 Å². The maximum atomic E-state index is 12.1. The summed E-state index contributed by atoms with van der Waals surface area (Å²) < 4.78 is 10.5. The van der Waals surface area contributed by atoms with Crippen LogP contribution in [0.25, 0.3) is 0 Å². The van der Waals surface area contributed by atoms with E-state index in [4.69, 9.17) is 4.74 Å². The summed E-state index contributed by atoms with van der Waals surface area (Å²) in [5.41, 5.74) is 0. The molecule has 0 heterocycles. The summed E-state index contributed by atoms with van der Waals surface area (Å²) in [5, 5.41) is 0. The maximum absolute atomic E-state index is 12.1. The van der Waals surface area contributed by atoms with Gasteiger partial charge in [-0.3, -0.25) is 9.59 Å². The van der Waals surface area contributed by atoms with Crippen LogP contribution < -0.4 is 4.74 Å². The van der Waals surface area contributed by atoms with Gasteiger partial charge in [0.05, 0.1) is 13.7 Å².